The van der Waals surface area contributed by atoms with Crippen molar-refractivity contribution in [1.29, 1.82) is 0 Å². The number of hydrogen-bond donors (Lipinski definition) is 1. The summed E-state index contributed by atoms with van der Waals surface area (Å²) in [5.41, 5.74) is 0.803. The van der Waals surface area contributed by atoms with Gasteiger partial charge in [-0.3, -0.25) is 9.59 Å². The molecule has 0 spiro atoms. The highest BCUT2D eigenvalue weighted by Crippen LogP contribution is 2.18. The lowest BCUT2D eigenvalue weighted by atomic mass is 10.1. The number of methoxy groups -OCH3 is 1. The second kappa shape index (κ2) is 11.2. The zero-order valence-corrected chi connectivity index (χ0v) is 17.9. The van der Waals surface area contributed by atoms with Gasteiger partial charge in [-0.1, -0.05) is 38.1 Å². The maximum atomic E-state index is 13.8. The Morgan fingerprint density at radius 1 is 1.10 bits per heavy atom. The molecule has 0 aromatic heterocycles. The molecule has 2 aromatic carbocycles. The molecule has 0 aliphatic rings. The highest BCUT2D eigenvalue weighted by atomic mass is 19.1. The first-order valence-corrected chi connectivity index (χ1v) is 9.89. The average Bonchev–Trinajstić information content (AvgIpc) is 2.74. The number of para-hydroxylation sites is 1. The summed E-state index contributed by atoms with van der Waals surface area (Å²) >= 11 is 0. The van der Waals surface area contributed by atoms with Gasteiger partial charge in [0.1, 0.15) is 11.8 Å². The fourth-order valence-corrected chi connectivity index (χ4v) is 2.79. The summed E-state index contributed by atoms with van der Waals surface area (Å²) in [7, 11) is 1.56. The van der Waals surface area contributed by atoms with Gasteiger partial charge in [0.15, 0.2) is 18.2 Å². The Morgan fingerprint density at radius 2 is 1.83 bits per heavy atom. The van der Waals surface area contributed by atoms with Gasteiger partial charge in [-0.05, 0) is 42.7 Å². The highest BCUT2D eigenvalue weighted by molar-refractivity contribution is 5.88. The second-order valence-corrected chi connectivity index (χ2v) is 7.41. The van der Waals surface area contributed by atoms with Crippen LogP contribution in [0.1, 0.15) is 26.3 Å². The molecule has 2 amide bonds. The number of nitrogens with one attached hydrogen (secondary N) is 1. The van der Waals surface area contributed by atoms with Gasteiger partial charge in [0.25, 0.3) is 5.91 Å². The van der Waals surface area contributed by atoms with Crippen LogP contribution in [0.3, 0.4) is 0 Å². The molecule has 7 heteroatoms. The van der Waals surface area contributed by atoms with Crippen molar-refractivity contribution in [2.24, 2.45) is 5.92 Å². The number of halogens is 1. The first-order chi connectivity index (χ1) is 14.3. The Bertz CT molecular complexity index is 857. The molecule has 0 bridgehead atoms. The Morgan fingerprint density at radius 3 is 2.50 bits per heavy atom. The van der Waals surface area contributed by atoms with E-state index in [-0.39, 0.29) is 30.7 Å². The van der Waals surface area contributed by atoms with E-state index in [1.54, 1.807) is 38.3 Å². The number of hydrogen-bond acceptors (Lipinski definition) is 4. The third-order valence-corrected chi connectivity index (χ3v) is 4.53. The number of rotatable bonds is 10. The van der Waals surface area contributed by atoms with Gasteiger partial charge in [0, 0.05) is 13.1 Å². The van der Waals surface area contributed by atoms with Crippen LogP contribution in [0.5, 0.6) is 11.5 Å². The molecule has 0 fully saturated rings. The Balaban J connectivity index is 2.17. The topological polar surface area (TPSA) is 67.9 Å². The minimum Gasteiger partial charge on any atom is -0.497 e. The first kappa shape index (κ1) is 23.2. The summed E-state index contributed by atoms with van der Waals surface area (Å²) in [6, 6.07) is 12.4. The van der Waals surface area contributed by atoms with Gasteiger partial charge in [0.05, 0.1) is 7.11 Å². The molecule has 0 saturated carbocycles. The second-order valence-electron chi connectivity index (χ2n) is 7.41. The van der Waals surface area contributed by atoms with Crippen molar-refractivity contribution in [2.75, 3.05) is 20.3 Å². The van der Waals surface area contributed by atoms with Gasteiger partial charge < -0.3 is 19.7 Å². The fourth-order valence-electron chi connectivity index (χ4n) is 2.79. The monoisotopic (exact) mass is 416 g/mol. The van der Waals surface area contributed by atoms with Gasteiger partial charge in [-0.25, -0.2) is 4.39 Å². The number of ether oxygens (including phenoxy) is 2. The van der Waals surface area contributed by atoms with E-state index in [9.17, 15) is 14.0 Å². The zero-order chi connectivity index (χ0) is 22.1. The van der Waals surface area contributed by atoms with Crippen molar-refractivity contribution in [2.45, 2.75) is 33.4 Å². The van der Waals surface area contributed by atoms with E-state index in [0.717, 1.165) is 5.56 Å². The lowest BCUT2D eigenvalue weighted by molar-refractivity contribution is -0.142. The maximum Gasteiger partial charge on any atom is 0.261 e. The van der Waals surface area contributed by atoms with Crippen LogP contribution < -0.4 is 14.8 Å². The average molecular weight is 416 g/mol. The van der Waals surface area contributed by atoms with Crippen molar-refractivity contribution in [3.8, 4) is 11.5 Å². The number of carbonyl (C=O) groups is 2. The van der Waals surface area contributed by atoms with Crippen LogP contribution in [-0.2, 0) is 16.1 Å². The van der Waals surface area contributed by atoms with Crippen LogP contribution in [-0.4, -0.2) is 43.0 Å². The first-order valence-electron chi connectivity index (χ1n) is 9.89. The molecule has 1 atom stereocenters. The predicted octanol–water partition coefficient (Wildman–Crippen LogP) is 3.40. The van der Waals surface area contributed by atoms with Gasteiger partial charge in [-0.2, -0.15) is 0 Å². The van der Waals surface area contributed by atoms with Crippen LogP contribution in [0.25, 0.3) is 0 Å². The summed E-state index contributed by atoms with van der Waals surface area (Å²) < 4.78 is 24.4. The smallest absolute Gasteiger partial charge is 0.261 e. The van der Waals surface area contributed by atoms with E-state index in [2.05, 4.69) is 5.32 Å². The van der Waals surface area contributed by atoms with E-state index in [1.165, 1.54) is 17.0 Å². The lowest BCUT2D eigenvalue weighted by Gasteiger charge is -2.29. The molecular formula is C23H29FN2O4. The molecule has 2 aromatic rings. The van der Waals surface area contributed by atoms with E-state index < -0.39 is 17.8 Å². The van der Waals surface area contributed by atoms with Crippen LogP contribution >= 0.6 is 0 Å². The number of amides is 2. The molecule has 2 rings (SSSR count). The minimum absolute atomic E-state index is 0.0101. The summed E-state index contributed by atoms with van der Waals surface area (Å²) in [6.45, 7) is 5.96. The molecule has 1 N–H and O–H groups in total. The number of benzene rings is 2. The molecule has 0 aliphatic heterocycles. The zero-order valence-electron chi connectivity index (χ0n) is 17.9. The standard InChI is InChI=1S/C23H29FN2O4/c1-16(2)13-25-23(28)17(3)26(14-18-8-7-9-19(12-18)29-4)22(27)15-30-21-11-6-5-10-20(21)24/h5-12,16-17H,13-15H2,1-4H3,(H,25,28). The molecule has 1 unspecified atom stereocenters. The quantitative estimate of drug-likeness (QED) is 0.645. The Kier molecular flexibility index (Phi) is 8.65. The van der Waals surface area contributed by atoms with Crippen LogP contribution in [0.2, 0.25) is 0 Å². The normalized spacial score (nSPS) is 11.7. The fraction of sp³-hybridized carbons (Fsp3) is 0.391. The predicted molar refractivity (Wildman–Crippen MR) is 113 cm³/mol. The summed E-state index contributed by atoms with van der Waals surface area (Å²) in [5.74, 6) is -0.303. The number of carbonyl (C=O) groups excluding carboxylic acids is 2. The molecule has 0 radical (unpaired) electrons. The van der Waals surface area contributed by atoms with Crippen molar-refractivity contribution in [1.82, 2.24) is 10.2 Å². The molecule has 30 heavy (non-hydrogen) atoms. The van der Waals surface area contributed by atoms with Gasteiger partial charge in [0.2, 0.25) is 5.91 Å². The van der Waals surface area contributed by atoms with E-state index in [0.29, 0.717) is 12.3 Å². The molecule has 0 saturated heterocycles. The summed E-state index contributed by atoms with van der Waals surface area (Å²) in [4.78, 5) is 27.0. The van der Waals surface area contributed by atoms with Gasteiger partial charge in [-0.15, -0.1) is 0 Å². The largest absolute Gasteiger partial charge is 0.497 e. The SMILES string of the molecule is COc1cccc(CN(C(=O)COc2ccccc2F)C(C)C(=O)NCC(C)C)c1. The minimum atomic E-state index is -0.730. The number of nitrogens with zero attached hydrogens (tertiary/aromatic N) is 1. The molecule has 0 aliphatic carbocycles. The third kappa shape index (κ3) is 6.76. The molecule has 6 nitrogen and oxygen atoms in total. The third-order valence-electron chi connectivity index (χ3n) is 4.53. The summed E-state index contributed by atoms with van der Waals surface area (Å²) in [6.07, 6.45) is 0. The Labute approximate surface area is 177 Å². The van der Waals surface area contributed by atoms with Crippen LogP contribution in [0, 0.1) is 11.7 Å². The summed E-state index contributed by atoms with van der Waals surface area (Å²) in [5, 5.41) is 2.85. The van der Waals surface area contributed by atoms with Crippen molar-refractivity contribution >= 4 is 11.8 Å². The highest BCUT2D eigenvalue weighted by Gasteiger charge is 2.27. The molecule has 162 valence electrons. The van der Waals surface area contributed by atoms with Crippen molar-refractivity contribution in [3.05, 3.63) is 59.9 Å². The molecule has 0 heterocycles. The van der Waals surface area contributed by atoms with Crippen LogP contribution in [0.15, 0.2) is 48.5 Å². The van der Waals surface area contributed by atoms with Crippen molar-refractivity contribution in [3.63, 3.8) is 0 Å². The van der Waals surface area contributed by atoms with Gasteiger partial charge >= 0.3 is 0 Å². The lowest BCUT2D eigenvalue weighted by Crippen LogP contribution is -2.49. The van der Waals surface area contributed by atoms with E-state index >= 15 is 0 Å². The van der Waals surface area contributed by atoms with E-state index in [4.69, 9.17) is 9.47 Å². The molecular weight excluding hydrogens is 387 g/mol. The maximum absolute atomic E-state index is 13.8. The van der Waals surface area contributed by atoms with Crippen molar-refractivity contribution < 1.29 is 23.5 Å². The van der Waals surface area contributed by atoms with E-state index in [1.807, 2.05) is 26.0 Å². The van der Waals surface area contributed by atoms with Crippen LogP contribution in [0.4, 0.5) is 4.39 Å². The Hall–Kier alpha value is -3.09.